The summed E-state index contributed by atoms with van der Waals surface area (Å²) in [6.45, 7) is 4.51. The van der Waals surface area contributed by atoms with Gasteiger partial charge in [0.05, 0.1) is 31.1 Å². The van der Waals surface area contributed by atoms with Crippen molar-refractivity contribution in [3.8, 4) is 5.75 Å². The highest BCUT2D eigenvalue weighted by molar-refractivity contribution is 7.92. The monoisotopic (exact) mass is 520 g/mol. The smallest absolute Gasteiger partial charge is 0.251 e. The van der Waals surface area contributed by atoms with Gasteiger partial charge in [0.15, 0.2) is 0 Å². The van der Waals surface area contributed by atoms with Gasteiger partial charge in [0.2, 0.25) is 10.0 Å². The molecule has 0 aromatic heterocycles. The third kappa shape index (κ3) is 6.52. The minimum absolute atomic E-state index is 0.0600. The van der Waals surface area contributed by atoms with E-state index in [4.69, 9.17) is 4.74 Å². The van der Waals surface area contributed by atoms with Crippen LogP contribution in [-0.4, -0.2) is 27.2 Å². The number of nitrogens with one attached hydrogen (secondary N) is 1. The fourth-order valence-electron chi connectivity index (χ4n) is 4.88. The number of hydrogen-bond donors (Lipinski definition) is 1. The zero-order valence-corrected chi connectivity index (χ0v) is 22.7. The Morgan fingerprint density at radius 3 is 2.35 bits per heavy atom. The zero-order valence-electron chi connectivity index (χ0n) is 21.9. The van der Waals surface area contributed by atoms with Crippen LogP contribution in [0.5, 0.6) is 5.75 Å². The van der Waals surface area contributed by atoms with E-state index in [9.17, 15) is 13.2 Å². The van der Waals surface area contributed by atoms with Crippen LogP contribution in [0.15, 0.2) is 66.7 Å². The van der Waals surface area contributed by atoms with Crippen LogP contribution in [-0.2, 0) is 29.4 Å². The van der Waals surface area contributed by atoms with Gasteiger partial charge in [-0.15, -0.1) is 0 Å². The third-order valence-corrected chi connectivity index (χ3v) is 7.99. The second kappa shape index (κ2) is 11.8. The predicted octanol–water partition coefficient (Wildman–Crippen LogP) is 5.81. The molecule has 1 aliphatic rings. The number of hydrogen-bond acceptors (Lipinski definition) is 4. The average molecular weight is 521 g/mol. The molecule has 0 saturated carbocycles. The van der Waals surface area contributed by atoms with Gasteiger partial charge < -0.3 is 10.1 Å². The number of amides is 1. The lowest BCUT2D eigenvalue weighted by Gasteiger charge is -2.25. The Bertz CT molecular complexity index is 1340. The highest BCUT2D eigenvalue weighted by Crippen LogP contribution is 2.31. The van der Waals surface area contributed by atoms with Crippen molar-refractivity contribution in [3.05, 3.63) is 94.5 Å². The van der Waals surface area contributed by atoms with Crippen LogP contribution < -0.4 is 14.4 Å². The van der Waals surface area contributed by atoms with Crippen molar-refractivity contribution in [2.45, 2.75) is 58.5 Å². The van der Waals surface area contributed by atoms with Crippen LogP contribution in [0.25, 0.3) is 0 Å². The first-order valence-electron chi connectivity index (χ1n) is 13.0. The lowest BCUT2D eigenvalue weighted by Crippen LogP contribution is -2.30. The van der Waals surface area contributed by atoms with Gasteiger partial charge in [-0.2, -0.15) is 0 Å². The minimum atomic E-state index is -3.57. The van der Waals surface area contributed by atoms with Gasteiger partial charge in [-0.3, -0.25) is 9.10 Å². The zero-order chi connectivity index (χ0) is 26.4. The number of para-hydroxylation sites is 2. The van der Waals surface area contributed by atoms with Crippen molar-refractivity contribution < 1.29 is 17.9 Å². The lowest BCUT2D eigenvalue weighted by molar-refractivity contribution is 0.0935. The summed E-state index contributed by atoms with van der Waals surface area (Å²) in [6.07, 6.45) is 6.69. The molecule has 1 N–H and O–H groups in total. The molecule has 0 bridgehead atoms. The summed E-state index contributed by atoms with van der Waals surface area (Å²) in [5.41, 5.74) is 5.78. The summed E-state index contributed by atoms with van der Waals surface area (Å²) in [6, 6.07) is 20.8. The summed E-state index contributed by atoms with van der Waals surface area (Å²) in [5.74, 6) is 0.372. The highest BCUT2D eigenvalue weighted by Gasteiger charge is 2.22. The van der Waals surface area contributed by atoms with Crippen molar-refractivity contribution in [1.82, 2.24) is 5.32 Å². The number of fused-ring (bicyclic) bond motifs is 1. The van der Waals surface area contributed by atoms with Crippen LogP contribution in [0.3, 0.4) is 0 Å². The molecular weight excluding hydrogens is 484 g/mol. The first kappa shape index (κ1) is 26.7. The van der Waals surface area contributed by atoms with E-state index >= 15 is 0 Å². The highest BCUT2D eigenvalue weighted by atomic mass is 32.2. The maximum absolute atomic E-state index is 13.1. The van der Waals surface area contributed by atoms with Gasteiger partial charge in [0, 0.05) is 5.56 Å². The molecular formula is C30H36N2O4S. The summed E-state index contributed by atoms with van der Waals surface area (Å²) in [4.78, 5) is 13.1. The van der Waals surface area contributed by atoms with Crippen molar-refractivity contribution in [1.29, 1.82) is 0 Å². The largest absolute Gasteiger partial charge is 0.492 e. The molecule has 1 atom stereocenters. The van der Waals surface area contributed by atoms with E-state index in [1.807, 2.05) is 13.0 Å². The van der Waals surface area contributed by atoms with Crippen molar-refractivity contribution in [2.24, 2.45) is 0 Å². The maximum atomic E-state index is 13.1. The number of rotatable bonds is 10. The Hall–Kier alpha value is -3.32. The predicted molar refractivity (Wildman–Crippen MR) is 149 cm³/mol. The fraction of sp³-hybridized carbons (Fsp3) is 0.367. The van der Waals surface area contributed by atoms with Crippen LogP contribution in [0.2, 0.25) is 0 Å². The van der Waals surface area contributed by atoms with Gasteiger partial charge in [-0.25, -0.2) is 8.42 Å². The van der Waals surface area contributed by atoms with E-state index in [1.165, 1.54) is 34.5 Å². The van der Waals surface area contributed by atoms with Crippen molar-refractivity contribution in [3.63, 3.8) is 0 Å². The van der Waals surface area contributed by atoms with Gasteiger partial charge in [0.1, 0.15) is 5.75 Å². The van der Waals surface area contributed by atoms with Crippen molar-refractivity contribution >= 4 is 21.6 Å². The number of aryl methyl sites for hydroxylation is 2. The first-order valence-corrected chi connectivity index (χ1v) is 14.9. The maximum Gasteiger partial charge on any atom is 0.251 e. The Morgan fingerprint density at radius 2 is 1.68 bits per heavy atom. The van der Waals surface area contributed by atoms with E-state index in [-0.39, 0.29) is 18.5 Å². The normalized spacial score (nSPS) is 13.9. The number of carbonyl (C=O) groups is 1. The molecule has 6 nitrogen and oxygen atoms in total. The third-order valence-electron chi connectivity index (χ3n) is 6.86. The van der Waals surface area contributed by atoms with E-state index in [0.29, 0.717) is 23.6 Å². The second-order valence-electron chi connectivity index (χ2n) is 9.54. The van der Waals surface area contributed by atoms with Crippen LogP contribution in [0.4, 0.5) is 5.69 Å². The molecule has 0 fully saturated rings. The Kier molecular flexibility index (Phi) is 8.54. The van der Waals surface area contributed by atoms with Crippen LogP contribution >= 0.6 is 0 Å². The number of ether oxygens (including phenoxy) is 1. The summed E-state index contributed by atoms with van der Waals surface area (Å²) in [5, 5.41) is 3.18. The van der Waals surface area contributed by atoms with Crippen LogP contribution in [0.1, 0.15) is 71.8 Å². The number of anilines is 1. The molecule has 0 radical (unpaired) electrons. The molecule has 196 valence electrons. The molecule has 7 heteroatoms. The Labute approximate surface area is 220 Å². The SMILES string of the molecule is CCOc1ccccc1N(Cc1ccc(C(=O)NC(CC)c2ccc3c(c2)CCCC3)cc1)S(C)(=O)=O. The Morgan fingerprint density at radius 1 is 0.973 bits per heavy atom. The molecule has 0 aliphatic heterocycles. The molecule has 3 aromatic carbocycles. The molecule has 1 amide bonds. The van der Waals surface area contributed by atoms with E-state index in [1.54, 1.807) is 42.5 Å². The number of carbonyl (C=O) groups excluding carboxylic acids is 1. The molecule has 1 unspecified atom stereocenters. The fourth-order valence-corrected chi connectivity index (χ4v) is 5.77. The van der Waals surface area contributed by atoms with Gasteiger partial charge in [-0.1, -0.05) is 49.4 Å². The minimum Gasteiger partial charge on any atom is -0.492 e. The molecule has 37 heavy (non-hydrogen) atoms. The van der Waals surface area contributed by atoms with E-state index in [0.717, 1.165) is 30.4 Å². The first-order chi connectivity index (χ1) is 17.8. The van der Waals surface area contributed by atoms with Gasteiger partial charge >= 0.3 is 0 Å². The topological polar surface area (TPSA) is 75.7 Å². The summed E-state index contributed by atoms with van der Waals surface area (Å²) in [7, 11) is -3.57. The standard InChI is InChI=1S/C30H36N2O4S/c1-4-27(26-19-18-23-10-6-7-11-25(23)20-26)31-30(33)24-16-14-22(15-17-24)21-32(37(3,34)35)28-12-8-9-13-29(28)36-5-2/h8-9,12-20,27H,4-7,10-11,21H2,1-3H3,(H,31,33). The number of nitrogens with zero attached hydrogens (tertiary/aromatic N) is 1. The van der Waals surface area contributed by atoms with Crippen molar-refractivity contribution in [2.75, 3.05) is 17.2 Å². The molecule has 3 aromatic rings. The van der Waals surface area contributed by atoms with Gasteiger partial charge in [0.25, 0.3) is 5.91 Å². The summed E-state index contributed by atoms with van der Waals surface area (Å²) < 4.78 is 32.3. The summed E-state index contributed by atoms with van der Waals surface area (Å²) >= 11 is 0. The lowest BCUT2D eigenvalue weighted by atomic mass is 9.88. The number of benzene rings is 3. The Balaban J connectivity index is 1.48. The van der Waals surface area contributed by atoms with E-state index in [2.05, 4.69) is 30.4 Å². The number of sulfonamides is 1. The molecule has 4 rings (SSSR count). The van der Waals surface area contributed by atoms with Crippen LogP contribution in [0, 0.1) is 0 Å². The second-order valence-corrected chi connectivity index (χ2v) is 11.4. The van der Waals surface area contributed by atoms with Gasteiger partial charge in [-0.05, 0) is 85.5 Å². The molecule has 0 spiro atoms. The molecule has 0 saturated heterocycles. The van der Waals surface area contributed by atoms with E-state index < -0.39 is 10.0 Å². The molecule has 0 heterocycles. The quantitative estimate of drug-likeness (QED) is 0.366. The molecule has 1 aliphatic carbocycles. The average Bonchev–Trinajstić information content (AvgIpc) is 2.90.